The fourth-order valence-electron chi connectivity index (χ4n) is 4.45. The van der Waals surface area contributed by atoms with E-state index in [1.54, 1.807) is 0 Å². The lowest BCUT2D eigenvalue weighted by atomic mass is 9.82. The minimum atomic E-state index is -0.232. The van der Waals surface area contributed by atoms with Crippen molar-refractivity contribution in [2.24, 2.45) is 0 Å². The number of rotatable bonds is 3. The molecule has 1 aliphatic carbocycles. The van der Waals surface area contributed by atoms with Crippen molar-refractivity contribution in [3.05, 3.63) is 82.4 Å². The molecule has 3 N–H and O–H groups in total. The summed E-state index contributed by atoms with van der Waals surface area (Å²) >= 11 is 2.81. The number of nitrogens with two attached hydrogens (primary N) is 1. The summed E-state index contributed by atoms with van der Waals surface area (Å²) in [6, 6.07) is 20.6. The van der Waals surface area contributed by atoms with Crippen LogP contribution in [0.25, 0.3) is 20.4 Å². The zero-order chi connectivity index (χ0) is 21.7. The molecule has 0 saturated carbocycles. The SMILES string of the molecule is Nc1c(C(=O)Nc2nc3ccccc3s2)sc2nc3c(cc12)CC(c1ccccc1)CC3. The van der Waals surface area contributed by atoms with Gasteiger partial charge in [-0.1, -0.05) is 53.8 Å². The van der Waals surface area contributed by atoms with E-state index in [9.17, 15) is 4.79 Å². The molecule has 158 valence electrons. The molecule has 0 radical (unpaired) electrons. The predicted molar refractivity (Wildman–Crippen MR) is 133 cm³/mol. The number of nitrogens with one attached hydrogen (secondary N) is 1. The first-order valence-electron chi connectivity index (χ1n) is 10.6. The standard InChI is InChI=1S/C25H20N4OS2/c26-21-17-13-16-12-15(14-6-2-1-3-7-14)10-11-18(16)27-24(17)32-22(21)23(30)29-25-28-19-8-4-5-9-20(19)31-25/h1-9,13,15H,10-12,26H2,(H,28,29,30). The molecule has 3 heterocycles. The molecule has 0 fully saturated rings. The molecule has 0 spiro atoms. The number of nitrogen functional groups attached to an aromatic ring is 1. The second kappa shape index (κ2) is 7.69. The molecule has 0 saturated heterocycles. The van der Waals surface area contributed by atoms with Crippen molar-refractivity contribution in [2.75, 3.05) is 11.1 Å². The number of thiazole rings is 1. The van der Waals surface area contributed by atoms with Gasteiger partial charge in [0.2, 0.25) is 0 Å². The molecule has 6 rings (SSSR count). The summed E-state index contributed by atoms with van der Waals surface area (Å²) in [6.45, 7) is 0. The Bertz CT molecular complexity index is 1440. The third kappa shape index (κ3) is 3.34. The van der Waals surface area contributed by atoms with Crippen molar-refractivity contribution >= 4 is 59.8 Å². The molecule has 7 heteroatoms. The van der Waals surface area contributed by atoms with Gasteiger partial charge in [0, 0.05) is 11.1 Å². The van der Waals surface area contributed by atoms with Crippen molar-refractivity contribution in [3.8, 4) is 0 Å². The average molecular weight is 457 g/mol. The van der Waals surface area contributed by atoms with Gasteiger partial charge in [0.05, 0.1) is 15.9 Å². The molecule has 1 aliphatic rings. The van der Waals surface area contributed by atoms with E-state index in [1.807, 2.05) is 24.3 Å². The zero-order valence-corrected chi connectivity index (χ0v) is 18.8. The van der Waals surface area contributed by atoms with Crippen LogP contribution < -0.4 is 11.1 Å². The Labute approximate surface area is 192 Å². The van der Waals surface area contributed by atoms with Gasteiger partial charge in [-0.3, -0.25) is 10.1 Å². The second-order valence-corrected chi connectivity index (χ2v) is 10.1. The van der Waals surface area contributed by atoms with Gasteiger partial charge >= 0.3 is 0 Å². The Morgan fingerprint density at radius 1 is 1.03 bits per heavy atom. The summed E-state index contributed by atoms with van der Waals surface area (Å²) in [6.07, 6.45) is 2.97. The van der Waals surface area contributed by atoms with Crippen LogP contribution in [-0.4, -0.2) is 15.9 Å². The van der Waals surface area contributed by atoms with E-state index in [0.717, 1.165) is 45.4 Å². The molecule has 32 heavy (non-hydrogen) atoms. The number of para-hydroxylation sites is 1. The fourth-order valence-corrected chi connectivity index (χ4v) is 6.30. The van der Waals surface area contributed by atoms with Gasteiger partial charge in [0.15, 0.2) is 5.13 Å². The predicted octanol–water partition coefficient (Wildman–Crippen LogP) is 6.01. The highest BCUT2D eigenvalue weighted by Crippen LogP contribution is 2.39. The number of pyridine rings is 1. The van der Waals surface area contributed by atoms with Crippen LogP contribution in [0, 0.1) is 0 Å². The van der Waals surface area contributed by atoms with E-state index in [2.05, 4.69) is 46.7 Å². The summed E-state index contributed by atoms with van der Waals surface area (Å²) in [4.78, 5) is 23.7. The summed E-state index contributed by atoms with van der Waals surface area (Å²) in [5.74, 6) is 0.259. The van der Waals surface area contributed by atoms with Crippen molar-refractivity contribution in [1.29, 1.82) is 0 Å². The van der Waals surface area contributed by atoms with Crippen molar-refractivity contribution in [2.45, 2.75) is 25.2 Å². The first-order valence-corrected chi connectivity index (χ1v) is 12.2. The lowest BCUT2D eigenvalue weighted by Crippen LogP contribution is -2.14. The molecule has 0 aliphatic heterocycles. The molecular weight excluding hydrogens is 436 g/mol. The molecule has 1 unspecified atom stereocenters. The number of aryl methyl sites for hydroxylation is 1. The Balaban J connectivity index is 1.31. The van der Waals surface area contributed by atoms with Gasteiger partial charge in [0.1, 0.15) is 9.71 Å². The van der Waals surface area contributed by atoms with Crippen LogP contribution >= 0.6 is 22.7 Å². The maximum atomic E-state index is 13.0. The highest BCUT2D eigenvalue weighted by Gasteiger charge is 2.25. The number of hydrogen-bond donors (Lipinski definition) is 2. The number of amides is 1. The number of anilines is 2. The van der Waals surface area contributed by atoms with E-state index in [1.165, 1.54) is 33.8 Å². The van der Waals surface area contributed by atoms with E-state index in [-0.39, 0.29) is 5.91 Å². The zero-order valence-electron chi connectivity index (χ0n) is 17.2. The van der Waals surface area contributed by atoms with Crippen LogP contribution in [0.4, 0.5) is 10.8 Å². The first kappa shape index (κ1) is 19.4. The number of carbonyl (C=O) groups excluding carboxylic acids is 1. The number of aromatic nitrogens is 2. The highest BCUT2D eigenvalue weighted by atomic mass is 32.1. The van der Waals surface area contributed by atoms with Crippen molar-refractivity contribution < 1.29 is 4.79 Å². The number of carbonyl (C=O) groups is 1. The smallest absolute Gasteiger partial charge is 0.269 e. The summed E-state index contributed by atoms with van der Waals surface area (Å²) in [5.41, 5.74) is 11.5. The molecular formula is C25H20N4OS2. The monoisotopic (exact) mass is 456 g/mol. The van der Waals surface area contributed by atoms with E-state index < -0.39 is 0 Å². The van der Waals surface area contributed by atoms with E-state index in [4.69, 9.17) is 10.7 Å². The van der Waals surface area contributed by atoms with Crippen molar-refractivity contribution in [1.82, 2.24) is 9.97 Å². The Hall–Kier alpha value is -3.29. The summed E-state index contributed by atoms with van der Waals surface area (Å²) < 4.78 is 1.04. The third-order valence-electron chi connectivity index (χ3n) is 6.08. The maximum Gasteiger partial charge on any atom is 0.269 e. The van der Waals surface area contributed by atoms with Gasteiger partial charge in [-0.2, -0.15) is 0 Å². The second-order valence-electron chi connectivity index (χ2n) is 8.08. The fraction of sp³-hybridized carbons (Fsp3) is 0.160. The number of hydrogen-bond acceptors (Lipinski definition) is 6. The van der Waals surface area contributed by atoms with E-state index >= 15 is 0 Å². The molecule has 3 aromatic heterocycles. The largest absolute Gasteiger partial charge is 0.397 e. The molecule has 5 aromatic rings. The van der Waals surface area contributed by atoms with Crippen LogP contribution in [-0.2, 0) is 12.8 Å². The van der Waals surface area contributed by atoms with Gasteiger partial charge in [-0.25, -0.2) is 9.97 Å². The van der Waals surface area contributed by atoms with Crippen LogP contribution in [0.2, 0.25) is 0 Å². The quantitative estimate of drug-likeness (QED) is 0.348. The van der Waals surface area contributed by atoms with Gasteiger partial charge in [-0.05, 0) is 54.5 Å². The Kier molecular flexibility index (Phi) is 4.66. The lowest BCUT2D eigenvalue weighted by molar-refractivity contribution is 0.103. The van der Waals surface area contributed by atoms with Crippen LogP contribution in [0.15, 0.2) is 60.7 Å². The number of nitrogens with zero attached hydrogens (tertiary/aromatic N) is 2. The average Bonchev–Trinajstić information content (AvgIpc) is 3.38. The molecule has 5 nitrogen and oxygen atoms in total. The topological polar surface area (TPSA) is 80.9 Å². The Morgan fingerprint density at radius 2 is 1.84 bits per heavy atom. The van der Waals surface area contributed by atoms with Crippen LogP contribution in [0.5, 0.6) is 0 Å². The van der Waals surface area contributed by atoms with Crippen LogP contribution in [0.3, 0.4) is 0 Å². The Morgan fingerprint density at radius 3 is 2.69 bits per heavy atom. The molecule has 1 amide bonds. The molecule has 2 aromatic carbocycles. The summed E-state index contributed by atoms with van der Waals surface area (Å²) in [7, 11) is 0. The lowest BCUT2D eigenvalue weighted by Gasteiger charge is -2.24. The first-order chi connectivity index (χ1) is 15.7. The maximum absolute atomic E-state index is 13.0. The minimum Gasteiger partial charge on any atom is -0.397 e. The molecule has 1 atom stereocenters. The van der Waals surface area contributed by atoms with Crippen molar-refractivity contribution in [3.63, 3.8) is 0 Å². The molecule has 0 bridgehead atoms. The van der Waals surface area contributed by atoms with Gasteiger partial charge < -0.3 is 5.73 Å². The van der Waals surface area contributed by atoms with E-state index in [0.29, 0.717) is 21.6 Å². The number of benzene rings is 2. The highest BCUT2D eigenvalue weighted by molar-refractivity contribution is 7.23. The minimum absolute atomic E-state index is 0.232. The number of thiophene rings is 1. The van der Waals surface area contributed by atoms with Gasteiger partial charge in [0.25, 0.3) is 5.91 Å². The third-order valence-corrected chi connectivity index (χ3v) is 8.14. The number of fused-ring (bicyclic) bond motifs is 3. The van der Waals surface area contributed by atoms with Gasteiger partial charge in [-0.15, -0.1) is 11.3 Å². The summed E-state index contributed by atoms with van der Waals surface area (Å²) in [5, 5.41) is 4.37. The normalized spacial score (nSPS) is 15.7. The van der Waals surface area contributed by atoms with Crippen LogP contribution in [0.1, 0.15) is 38.8 Å².